The summed E-state index contributed by atoms with van der Waals surface area (Å²) in [4.78, 5) is 27.6. The van der Waals surface area contributed by atoms with Crippen molar-refractivity contribution in [2.24, 2.45) is 5.92 Å². The molecule has 0 spiro atoms. The molecule has 5 nitrogen and oxygen atoms in total. The van der Waals surface area contributed by atoms with Crippen LogP contribution in [0, 0.1) is 5.92 Å². The Morgan fingerprint density at radius 1 is 1.12 bits per heavy atom. The van der Waals surface area contributed by atoms with Crippen molar-refractivity contribution in [1.29, 1.82) is 0 Å². The fourth-order valence-electron chi connectivity index (χ4n) is 5.04. The number of nitrogens with zero attached hydrogens (tertiary/aromatic N) is 3. The highest BCUT2D eigenvalue weighted by Gasteiger charge is 2.30. The number of thiophene rings is 1. The van der Waals surface area contributed by atoms with Gasteiger partial charge in [-0.05, 0) is 63.0 Å². The van der Waals surface area contributed by atoms with Gasteiger partial charge in [-0.1, -0.05) is 30.3 Å². The minimum Gasteiger partial charge on any atom is -0.466 e. The third-order valence-electron chi connectivity index (χ3n) is 6.66. The van der Waals surface area contributed by atoms with E-state index in [-0.39, 0.29) is 11.9 Å². The molecule has 5 rings (SSSR count). The second-order valence-corrected chi connectivity index (χ2v) is 9.96. The molecule has 2 aromatic heterocycles. The second kappa shape index (κ2) is 9.57. The maximum absolute atomic E-state index is 12.5. The monoisotopic (exact) mass is 449 g/mol. The van der Waals surface area contributed by atoms with Crippen LogP contribution in [0.1, 0.15) is 54.4 Å². The molecule has 1 saturated heterocycles. The predicted octanol–water partition coefficient (Wildman–Crippen LogP) is 5.13. The van der Waals surface area contributed by atoms with Gasteiger partial charge in [-0.3, -0.25) is 4.79 Å². The molecular weight excluding hydrogens is 418 g/mol. The molecular formula is C26H31N3O2S. The molecule has 1 aliphatic carbocycles. The molecule has 0 N–H and O–H groups in total. The number of hydrogen-bond acceptors (Lipinski definition) is 6. The summed E-state index contributed by atoms with van der Waals surface area (Å²) < 4.78 is 5.34. The second-order valence-electron chi connectivity index (χ2n) is 8.88. The molecule has 168 valence electrons. The summed E-state index contributed by atoms with van der Waals surface area (Å²) in [5.74, 6) is 1.81. The van der Waals surface area contributed by atoms with Crippen molar-refractivity contribution in [3.05, 3.63) is 52.2 Å². The minimum atomic E-state index is -0.0732. The maximum Gasteiger partial charge on any atom is 0.310 e. The number of carbonyl (C=O) groups excluding carboxylic acids is 1. The van der Waals surface area contributed by atoms with Crippen LogP contribution in [0.15, 0.2) is 30.3 Å². The Hall–Kier alpha value is -2.47. The molecule has 3 heterocycles. The van der Waals surface area contributed by atoms with Gasteiger partial charge in [0.2, 0.25) is 0 Å². The number of hydrogen-bond donors (Lipinski definition) is 0. The van der Waals surface area contributed by atoms with E-state index in [1.807, 2.05) is 18.3 Å². The van der Waals surface area contributed by atoms with Gasteiger partial charge in [-0.15, -0.1) is 11.3 Å². The van der Waals surface area contributed by atoms with Gasteiger partial charge < -0.3 is 9.64 Å². The predicted molar refractivity (Wildman–Crippen MR) is 129 cm³/mol. The maximum atomic E-state index is 12.5. The van der Waals surface area contributed by atoms with Crippen molar-refractivity contribution < 1.29 is 9.53 Å². The smallest absolute Gasteiger partial charge is 0.310 e. The molecule has 1 aromatic carbocycles. The fourth-order valence-corrected chi connectivity index (χ4v) is 6.32. The number of benzene rings is 1. The zero-order valence-corrected chi connectivity index (χ0v) is 19.6. The number of aromatic nitrogens is 2. The lowest BCUT2D eigenvalue weighted by Crippen LogP contribution is -2.40. The van der Waals surface area contributed by atoms with Gasteiger partial charge in [-0.25, -0.2) is 9.97 Å². The average Bonchev–Trinajstić information content (AvgIpc) is 3.21. The number of fused-ring (bicyclic) bond motifs is 3. The van der Waals surface area contributed by atoms with Gasteiger partial charge >= 0.3 is 5.97 Å². The van der Waals surface area contributed by atoms with Crippen LogP contribution < -0.4 is 4.90 Å². The molecule has 0 amide bonds. The summed E-state index contributed by atoms with van der Waals surface area (Å²) in [5, 5.41) is 1.25. The van der Waals surface area contributed by atoms with Crippen molar-refractivity contribution >= 4 is 33.3 Å². The topological polar surface area (TPSA) is 55.3 Å². The van der Waals surface area contributed by atoms with Crippen LogP contribution in [-0.4, -0.2) is 35.6 Å². The Balaban J connectivity index is 1.50. The average molecular weight is 450 g/mol. The number of ether oxygens (including phenoxy) is 1. The summed E-state index contributed by atoms with van der Waals surface area (Å²) >= 11 is 1.86. The molecule has 2 aliphatic rings. The van der Waals surface area contributed by atoms with Crippen LogP contribution in [0.2, 0.25) is 0 Å². The Morgan fingerprint density at radius 2 is 1.97 bits per heavy atom. The largest absolute Gasteiger partial charge is 0.466 e. The fraction of sp³-hybridized carbons (Fsp3) is 0.500. The van der Waals surface area contributed by atoms with Crippen molar-refractivity contribution in [3.63, 3.8) is 0 Å². The normalized spacial score (nSPS) is 18.5. The van der Waals surface area contributed by atoms with Crippen LogP contribution in [0.25, 0.3) is 10.2 Å². The number of piperidine rings is 1. The highest BCUT2D eigenvalue weighted by atomic mass is 32.1. The van der Waals surface area contributed by atoms with Crippen LogP contribution >= 0.6 is 11.3 Å². The summed E-state index contributed by atoms with van der Waals surface area (Å²) in [6.07, 6.45) is 8.40. The van der Waals surface area contributed by atoms with E-state index < -0.39 is 0 Å². The van der Waals surface area contributed by atoms with E-state index in [1.54, 1.807) is 0 Å². The molecule has 1 atom stereocenters. The van der Waals surface area contributed by atoms with Crippen LogP contribution in [0.4, 0.5) is 5.82 Å². The SMILES string of the molecule is CCOC(=O)C1CCCN(c2nc(CCc3ccccc3)nc3sc4c(c23)CCCC4)C1. The van der Waals surface area contributed by atoms with E-state index >= 15 is 0 Å². The molecule has 32 heavy (non-hydrogen) atoms. The van der Waals surface area contributed by atoms with Gasteiger partial charge in [0.25, 0.3) is 0 Å². The summed E-state index contributed by atoms with van der Waals surface area (Å²) in [6, 6.07) is 10.6. The number of esters is 1. The molecule has 3 aromatic rings. The van der Waals surface area contributed by atoms with Gasteiger partial charge in [0.1, 0.15) is 16.5 Å². The Morgan fingerprint density at radius 3 is 2.81 bits per heavy atom. The first-order valence-corrected chi connectivity index (χ1v) is 12.8. The van der Waals surface area contributed by atoms with Gasteiger partial charge in [0.05, 0.1) is 17.9 Å². The van der Waals surface area contributed by atoms with Crippen LogP contribution in [0.5, 0.6) is 0 Å². The van der Waals surface area contributed by atoms with Crippen LogP contribution in [-0.2, 0) is 35.2 Å². The summed E-state index contributed by atoms with van der Waals surface area (Å²) in [5.41, 5.74) is 2.77. The third-order valence-corrected chi connectivity index (χ3v) is 7.85. The van der Waals surface area contributed by atoms with Crippen molar-refractivity contribution in [2.45, 2.75) is 58.3 Å². The molecule has 0 saturated carbocycles. The zero-order chi connectivity index (χ0) is 21.9. The summed E-state index contributed by atoms with van der Waals surface area (Å²) in [7, 11) is 0. The highest BCUT2D eigenvalue weighted by Crippen LogP contribution is 2.40. The molecule has 6 heteroatoms. The first-order valence-electron chi connectivity index (χ1n) is 12.0. The lowest BCUT2D eigenvalue weighted by molar-refractivity contribution is -0.148. The lowest BCUT2D eigenvalue weighted by Gasteiger charge is -2.33. The van der Waals surface area contributed by atoms with E-state index in [0.717, 1.165) is 61.5 Å². The Bertz CT molecular complexity index is 1100. The standard InChI is InChI=1S/C26H31N3O2S/c1-2-31-26(30)19-11-8-16-29(17-19)24-23-20-12-6-7-13-21(20)32-25(23)28-22(27-24)15-14-18-9-4-3-5-10-18/h3-5,9-10,19H,2,6-8,11-17H2,1H3. The first-order chi connectivity index (χ1) is 15.7. The third kappa shape index (κ3) is 4.38. The quantitative estimate of drug-likeness (QED) is 0.488. The Labute approximate surface area is 193 Å². The van der Waals surface area contributed by atoms with E-state index in [0.29, 0.717) is 13.2 Å². The lowest BCUT2D eigenvalue weighted by atomic mass is 9.95. The van der Waals surface area contributed by atoms with Gasteiger partial charge in [0, 0.05) is 24.4 Å². The first kappa shape index (κ1) is 21.4. The number of anilines is 1. The van der Waals surface area contributed by atoms with Crippen molar-refractivity contribution in [1.82, 2.24) is 9.97 Å². The van der Waals surface area contributed by atoms with E-state index in [2.05, 4.69) is 35.2 Å². The number of carbonyl (C=O) groups is 1. The zero-order valence-electron chi connectivity index (χ0n) is 18.8. The van der Waals surface area contributed by atoms with Crippen molar-refractivity contribution in [3.8, 4) is 0 Å². The molecule has 1 unspecified atom stereocenters. The van der Waals surface area contributed by atoms with Crippen LogP contribution in [0.3, 0.4) is 0 Å². The molecule has 1 fully saturated rings. The molecule has 0 radical (unpaired) electrons. The molecule has 1 aliphatic heterocycles. The van der Waals surface area contributed by atoms with Gasteiger partial charge in [0.15, 0.2) is 0 Å². The van der Waals surface area contributed by atoms with E-state index in [1.165, 1.54) is 34.2 Å². The van der Waals surface area contributed by atoms with Gasteiger partial charge in [-0.2, -0.15) is 0 Å². The minimum absolute atomic E-state index is 0.0702. The Kier molecular flexibility index (Phi) is 6.39. The van der Waals surface area contributed by atoms with E-state index in [4.69, 9.17) is 14.7 Å². The summed E-state index contributed by atoms with van der Waals surface area (Å²) in [6.45, 7) is 3.94. The van der Waals surface area contributed by atoms with Crippen molar-refractivity contribution in [2.75, 3.05) is 24.6 Å². The number of rotatable bonds is 6. The van der Waals surface area contributed by atoms with E-state index in [9.17, 15) is 4.79 Å². The molecule has 0 bridgehead atoms. The number of aryl methyl sites for hydroxylation is 4. The highest BCUT2D eigenvalue weighted by molar-refractivity contribution is 7.19.